The first kappa shape index (κ1) is 11.1. The molecular formula is C9H10BClO3. The molecule has 1 rings (SSSR count). The average molecular weight is 212 g/mol. The van der Waals surface area contributed by atoms with Crippen molar-refractivity contribution in [2.24, 2.45) is 0 Å². The molecule has 1 aromatic rings. The number of para-hydroxylation sites is 1. The molecule has 74 valence electrons. The molecule has 2 N–H and O–H groups in total. The lowest BCUT2D eigenvalue weighted by atomic mass is 9.79. The molecule has 0 aliphatic carbocycles. The van der Waals surface area contributed by atoms with Crippen LogP contribution in [0.5, 0.6) is 5.75 Å². The maximum atomic E-state index is 8.99. The van der Waals surface area contributed by atoms with E-state index < -0.39 is 7.12 Å². The lowest BCUT2D eigenvalue weighted by molar-refractivity contribution is 0.361. The van der Waals surface area contributed by atoms with Crippen LogP contribution < -0.4 is 10.2 Å². The van der Waals surface area contributed by atoms with E-state index >= 15 is 0 Å². The molecule has 3 nitrogen and oxygen atoms in total. The first-order valence-electron chi connectivity index (χ1n) is 4.09. The maximum Gasteiger partial charge on any atom is 0.492 e. The fourth-order valence-corrected chi connectivity index (χ4v) is 1.07. The zero-order chi connectivity index (χ0) is 10.4. The van der Waals surface area contributed by atoms with Gasteiger partial charge in [-0.25, -0.2) is 0 Å². The molecule has 5 heteroatoms. The second kappa shape index (κ2) is 5.70. The summed E-state index contributed by atoms with van der Waals surface area (Å²) in [6.45, 7) is 0.299. The van der Waals surface area contributed by atoms with E-state index in [4.69, 9.17) is 26.4 Å². The van der Waals surface area contributed by atoms with Gasteiger partial charge in [0.05, 0.1) is 0 Å². The third kappa shape index (κ3) is 3.07. The zero-order valence-electron chi connectivity index (χ0n) is 7.43. The molecule has 0 unspecified atom stereocenters. The normalized spacial score (nSPS) is 10.5. The Bertz CT molecular complexity index is 315. The fourth-order valence-electron chi connectivity index (χ4n) is 1.000. The average Bonchev–Trinajstić information content (AvgIpc) is 2.19. The van der Waals surface area contributed by atoms with Gasteiger partial charge in [-0.15, -0.1) is 0 Å². The van der Waals surface area contributed by atoms with Crippen molar-refractivity contribution in [2.45, 2.75) is 0 Å². The van der Waals surface area contributed by atoms with E-state index in [9.17, 15) is 0 Å². The van der Waals surface area contributed by atoms with E-state index in [0.29, 0.717) is 17.8 Å². The number of hydrogen-bond donors (Lipinski definition) is 2. The summed E-state index contributed by atoms with van der Waals surface area (Å²) in [6.07, 6.45) is 1.61. The highest BCUT2D eigenvalue weighted by Crippen LogP contribution is 2.06. The van der Waals surface area contributed by atoms with Crippen molar-refractivity contribution in [3.63, 3.8) is 0 Å². The fraction of sp³-hybridized carbons (Fsp3) is 0.111. The molecule has 14 heavy (non-hydrogen) atoms. The lowest BCUT2D eigenvalue weighted by Crippen LogP contribution is -2.31. The topological polar surface area (TPSA) is 49.7 Å². The van der Waals surface area contributed by atoms with E-state index in [1.807, 2.05) is 0 Å². The molecule has 0 bridgehead atoms. The number of ether oxygens (including phenoxy) is 1. The molecule has 0 saturated carbocycles. The highest BCUT2D eigenvalue weighted by molar-refractivity contribution is 6.59. The maximum absolute atomic E-state index is 8.99. The number of rotatable bonds is 4. The smallest absolute Gasteiger partial charge is 0.490 e. The summed E-state index contributed by atoms with van der Waals surface area (Å²) in [5.74, 6) is 0.442. The number of hydrogen-bond acceptors (Lipinski definition) is 3. The van der Waals surface area contributed by atoms with Crippen LogP contribution in [0.1, 0.15) is 0 Å². The van der Waals surface area contributed by atoms with Gasteiger partial charge < -0.3 is 14.8 Å². The molecule has 0 aliphatic rings. The minimum absolute atomic E-state index is 0.299. The molecule has 0 aliphatic heterocycles. The first-order valence-corrected chi connectivity index (χ1v) is 4.52. The molecule has 0 amide bonds. The van der Waals surface area contributed by atoms with E-state index in [2.05, 4.69) is 0 Å². The van der Waals surface area contributed by atoms with Crippen molar-refractivity contribution in [2.75, 3.05) is 6.61 Å². The molecule has 0 spiro atoms. The first-order chi connectivity index (χ1) is 6.75. The van der Waals surface area contributed by atoms with Crippen LogP contribution in [0.4, 0.5) is 0 Å². The third-order valence-electron chi connectivity index (χ3n) is 1.62. The molecule has 0 aromatic heterocycles. The van der Waals surface area contributed by atoms with Gasteiger partial charge in [-0.1, -0.05) is 29.8 Å². The Morgan fingerprint density at radius 2 is 2.07 bits per heavy atom. The van der Waals surface area contributed by atoms with Gasteiger partial charge in [0.2, 0.25) is 0 Å². The second-order valence-corrected chi connectivity index (χ2v) is 2.84. The van der Waals surface area contributed by atoms with Crippen LogP contribution in [0.2, 0.25) is 0 Å². The van der Waals surface area contributed by atoms with Crippen LogP contribution >= 0.6 is 11.6 Å². The molecular weight excluding hydrogens is 202 g/mol. The van der Waals surface area contributed by atoms with Crippen LogP contribution in [-0.4, -0.2) is 23.8 Å². The zero-order valence-corrected chi connectivity index (χ0v) is 8.19. The highest BCUT2D eigenvalue weighted by atomic mass is 35.5. The summed E-state index contributed by atoms with van der Waals surface area (Å²) < 4.78 is 5.25. The van der Waals surface area contributed by atoms with Gasteiger partial charge in [-0.3, -0.25) is 0 Å². The van der Waals surface area contributed by atoms with Gasteiger partial charge >= 0.3 is 7.12 Å². The summed E-state index contributed by atoms with van der Waals surface area (Å²) in [5, 5.41) is 18.0. The van der Waals surface area contributed by atoms with Crippen molar-refractivity contribution >= 4 is 24.2 Å². The Morgan fingerprint density at radius 3 is 2.71 bits per heavy atom. The van der Waals surface area contributed by atoms with Crippen LogP contribution in [-0.2, 0) is 0 Å². The quantitative estimate of drug-likeness (QED) is 0.715. The molecule has 0 heterocycles. The second-order valence-electron chi connectivity index (χ2n) is 2.58. The van der Waals surface area contributed by atoms with Crippen molar-refractivity contribution in [3.05, 3.63) is 35.9 Å². The number of benzene rings is 1. The number of halogens is 1. The lowest BCUT2D eigenvalue weighted by Gasteiger charge is -2.08. The van der Waals surface area contributed by atoms with Gasteiger partial charge in [0.15, 0.2) is 0 Å². The van der Waals surface area contributed by atoms with E-state index in [1.165, 1.54) is 5.54 Å². The largest absolute Gasteiger partial charge is 0.492 e. The Hall–Kier alpha value is -0.965. The van der Waals surface area contributed by atoms with Crippen LogP contribution in [0.25, 0.3) is 0 Å². The SMILES string of the molecule is OB(O)c1ccccc1OC/C=C/Cl. The Labute approximate surface area is 87.7 Å². The van der Waals surface area contributed by atoms with Crippen LogP contribution in [0.3, 0.4) is 0 Å². The van der Waals surface area contributed by atoms with E-state index in [-0.39, 0.29) is 0 Å². The molecule has 0 radical (unpaired) electrons. The van der Waals surface area contributed by atoms with Crippen molar-refractivity contribution in [3.8, 4) is 5.75 Å². The van der Waals surface area contributed by atoms with Crippen LogP contribution in [0, 0.1) is 0 Å². The van der Waals surface area contributed by atoms with Gasteiger partial charge in [-0.05, 0) is 12.1 Å². The van der Waals surface area contributed by atoms with Gasteiger partial charge in [0, 0.05) is 11.0 Å². The monoisotopic (exact) mass is 212 g/mol. The van der Waals surface area contributed by atoms with Gasteiger partial charge in [0.25, 0.3) is 0 Å². The Kier molecular flexibility index (Phi) is 4.52. The molecule has 0 atom stereocenters. The Morgan fingerprint density at radius 1 is 1.36 bits per heavy atom. The molecule has 0 saturated heterocycles. The summed E-state index contributed by atoms with van der Waals surface area (Å²) in [5.41, 5.74) is 1.69. The molecule has 1 aromatic carbocycles. The van der Waals surface area contributed by atoms with Gasteiger partial charge in [0.1, 0.15) is 12.4 Å². The highest BCUT2D eigenvalue weighted by Gasteiger charge is 2.15. The molecule has 0 fully saturated rings. The predicted molar refractivity (Wildman–Crippen MR) is 56.8 cm³/mol. The van der Waals surface area contributed by atoms with Crippen LogP contribution in [0.15, 0.2) is 35.9 Å². The third-order valence-corrected chi connectivity index (χ3v) is 1.80. The van der Waals surface area contributed by atoms with Crippen molar-refractivity contribution in [1.29, 1.82) is 0 Å². The minimum atomic E-state index is -1.52. The minimum Gasteiger partial charge on any atom is -0.490 e. The van der Waals surface area contributed by atoms with E-state index in [0.717, 1.165) is 0 Å². The summed E-state index contributed by atoms with van der Waals surface area (Å²) in [6, 6.07) is 6.71. The summed E-state index contributed by atoms with van der Waals surface area (Å²) in [4.78, 5) is 0. The van der Waals surface area contributed by atoms with Crippen molar-refractivity contribution < 1.29 is 14.8 Å². The van der Waals surface area contributed by atoms with E-state index in [1.54, 1.807) is 30.3 Å². The summed E-state index contributed by atoms with van der Waals surface area (Å²) >= 11 is 5.31. The van der Waals surface area contributed by atoms with Crippen molar-refractivity contribution in [1.82, 2.24) is 0 Å². The van der Waals surface area contributed by atoms with Gasteiger partial charge in [-0.2, -0.15) is 0 Å². The standard InChI is InChI=1S/C9H10BClO3/c11-6-3-7-14-9-5-2-1-4-8(9)10(12)13/h1-6,12-13H,7H2/b6-3+. The Balaban J connectivity index is 2.74. The summed E-state index contributed by atoms with van der Waals surface area (Å²) in [7, 11) is -1.52. The predicted octanol–water partition coefficient (Wildman–Crippen LogP) is 0.498.